The Morgan fingerprint density at radius 1 is 1.24 bits per heavy atom. The molecule has 29 heavy (non-hydrogen) atoms. The number of thiophene rings is 1. The topological polar surface area (TPSA) is 64.6 Å². The summed E-state index contributed by atoms with van der Waals surface area (Å²) in [6.07, 6.45) is 2.82. The molecule has 0 atom stereocenters. The van der Waals surface area contributed by atoms with Gasteiger partial charge < -0.3 is 14.8 Å². The molecule has 0 unspecified atom stereocenters. The standard InChI is InChI=1S/C22H26BrNO4S/c1-5-27-21(26)19-14-7-6-8-17(14)29-20(19)24-18(25)12-28-16-10-9-13(23)11-15(16)22(2,3)4/h9-11H,5-8,12H2,1-4H3,(H,24,25). The van der Waals surface area contributed by atoms with Gasteiger partial charge in [-0.15, -0.1) is 11.3 Å². The molecule has 0 saturated heterocycles. The van der Waals surface area contributed by atoms with Gasteiger partial charge in [0.25, 0.3) is 5.91 Å². The van der Waals surface area contributed by atoms with E-state index >= 15 is 0 Å². The van der Waals surface area contributed by atoms with Crippen LogP contribution >= 0.6 is 27.3 Å². The highest BCUT2D eigenvalue weighted by Gasteiger charge is 2.28. The third-order valence-electron chi connectivity index (χ3n) is 4.76. The Bertz CT molecular complexity index is 930. The summed E-state index contributed by atoms with van der Waals surface area (Å²) in [6, 6.07) is 5.77. The first-order chi connectivity index (χ1) is 13.7. The van der Waals surface area contributed by atoms with Gasteiger partial charge in [0, 0.05) is 14.9 Å². The monoisotopic (exact) mass is 479 g/mol. The van der Waals surface area contributed by atoms with Gasteiger partial charge in [-0.3, -0.25) is 4.79 Å². The van der Waals surface area contributed by atoms with Crippen molar-refractivity contribution in [3.63, 3.8) is 0 Å². The zero-order chi connectivity index (χ0) is 21.2. The number of anilines is 1. The number of amides is 1. The molecule has 1 aromatic heterocycles. The Labute approximate surface area is 183 Å². The predicted octanol–water partition coefficient (Wildman–Crippen LogP) is 5.49. The zero-order valence-electron chi connectivity index (χ0n) is 17.2. The highest BCUT2D eigenvalue weighted by atomic mass is 79.9. The van der Waals surface area contributed by atoms with Crippen molar-refractivity contribution in [1.29, 1.82) is 0 Å². The van der Waals surface area contributed by atoms with Gasteiger partial charge in [0.2, 0.25) is 0 Å². The first kappa shape index (κ1) is 21.8. The molecule has 7 heteroatoms. The van der Waals surface area contributed by atoms with Crippen LogP contribution in [0.4, 0.5) is 5.00 Å². The normalized spacial score (nSPS) is 13.1. The number of hydrogen-bond donors (Lipinski definition) is 1. The van der Waals surface area contributed by atoms with Gasteiger partial charge >= 0.3 is 5.97 Å². The molecule has 0 saturated carbocycles. The highest BCUT2D eigenvalue weighted by Crippen LogP contribution is 2.39. The minimum Gasteiger partial charge on any atom is -0.483 e. The Balaban J connectivity index is 1.74. The van der Waals surface area contributed by atoms with Crippen LogP contribution in [0.15, 0.2) is 22.7 Å². The van der Waals surface area contributed by atoms with Crippen LogP contribution < -0.4 is 10.1 Å². The lowest BCUT2D eigenvalue weighted by Gasteiger charge is -2.23. The van der Waals surface area contributed by atoms with Crippen molar-refractivity contribution >= 4 is 44.1 Å². The van der Waals surface area contributed by atoms with E-state index in [9.17, 15) is 9.59 Å². The summed E-state index contributed by atoms with van der Waals surface area (Å²) in [7, 11) is 0. The molecule has 1 heterocycles. The molecule has 1 aromatic carbocycles. The molecule has 1 aliphatic carbocycles. The Morgan fingerprint density at radius 2 is 2.00 bits per heavy atom. The van der Waals surface area contributed by atoms with Crippen molar-refractivity contribution in [3.8, 4) is 5.75 Å². The van der Waals surface area contributed by atoms with Crippen LogP contribution in [0.2, 0.25) is 0 Å². The number of benzene rings is 1. The molecule has 0 aliphatic heterocycles. The maximum atomic E-state index is 12.6. The minimum atomic E-state index is -0.369. The molecule has 5 nitrogen and oxygen atoms in total. The van der Waals surface area contributed by atoms with Crippen LogP contribution in [-0.2, 0) is 27.8 Å². The maximum Gasteiger partial charge on any atom is 0.341 e. The van der Waals surface area contributed by atoms with Gasteiger partial charge in [0.15, 0.2) is 6.61 Å². The number of fused-ring (bicyclic) bond motifs is 1. The number of esters is 1. The van der Waals surface area contributed by atoms with E-state index in [0.29, 0.717) is 22.9 Å². The van der Waals surface area contributed by atoms with Gasteiger partial charge in [-0.05, 0) is 55.4 Å². The Hall–Kier alpha value is -1.86. The van der Waals surface area contributed by atoms with E-state index in [4.69, 9.17) is 9.47 Å². The molecule has 0 bridgehead atoms. The summed E-state index contributed by atoms with van der Waals surface area (Å²) in [5, 5.41) is 3.43. The molecular weight excluding hydrogens is 454 g/mol. The van der Waals surface area contributed by atoms with Crippen LogP contribution in [0.3, 0.4) is 0 Å². The highest BCUT2D eigenvalue weighted by molar-refractivity contribution is 9.10. The summed E-state index contributed by atoms with van der Waals surface area (Å²) in [5.41, 5.74) is 2.42. The lowest BCUT2D eigenvalue weighted by Crippen LogP contribution is -2.22. The van der Waals surface area contributed by atoms with Gasteiger partial charge in [-0.25, -0.2) is 4.79 Å². The minimum absolute atomic E-state index is 0.124. The second-order valence-corrected chi connectivity index (χ2v) is 10.0. The first-order valence-corrected chi connectivity index (χ1v) is 11.4. The van der Waals surface area contributed by atoms with E-state index in [-0.39, 0.29) is 23.9 Å². The van der Waals surface area contributed by atoms with Crippen LogP contribution in [0.25, 0.3) is 0 Å². The predicted molar refractivity (Wildman–Crippen MR) is 119 cm³/mol. The van der Waals surface area contributed by atoms with Gasteiger partial charge in [-0.1, -0.05) is 36.7 Å². The number of carbonyl (C=O) groups is 2. The quantitative estimate of drug-likeness (QED) is 0.556. The molecule has 1 N–H and O–H groups in total. The van der Waals surface area contributed by atoms with Crippen LogP contribution in [0.5, 0.6) is 5.75 Å². The van der Waals surface area contributed by atoms with Crippen molar-refractivity contribution in [2.45, 2.75) is 52.4 Å². The molecule has 1 aliphatic rings. The van der Waals surface area contributed by atoms with Crippen LogP contribution in [-0.4, -0.2) is 25.1 Å². The zero-order valence-corrected chi connectivity index (χ0v) is 19.6. The summed E-state index contributed by atoms with van der Waals surface area (Å²) in [5.74, 6) is 0.0134. The molecule has 0 fully saturated rings. The lowest BCUT2D eigenvalue weighted by molar-refractivity contribution is -0.118. The van der Waals surface area contributed by atoms with E-state index in [1.54, 1.807) is 6.92 Å². The molecule has 0 spiro atoms. The van der Waals surface area contributed by atoms with Gasteiger partial charge in [-0.2, -0.15) is 0 Å². The largest absolute Gasteiger partial charge is 0.483 e. The molecule has 0 radical (unpaired) electrons. The molecular formula is C22H26BrNO4S. The number of halogens is 1. The maximum absolute atomic E-state index is 12.6. The fourth-order valence-corrected chi connectivity index (χ4v) is 5.09. The number of carbonyl (C=O) groups excluding carboxylic acids is 2. The van der Waals surface area contributed by atoms with Crippen LogP contribution in [0, 0.1) is 0 Å². The Morgan fingerprint density at radius 3 is 2.69 bits per heavy atom. The summed E-state index contributed by atoms with van der Waals surface area (Å²) in [6.45, 7) is 8.25. The number of ether oxygens (including phenoxy) is 2. The van der Waals surface area contributed by atoms with Crippen molar-refractivity contribution < 1.29 is 19.1 Å². The smallest absolute Gasteiger partial charge is 0.341 e. The SMILES string of the molecule is CCOC(=O)c1c(NC(=O)COc2ccc(Br)cc2C(C)(C)C)sc2c1CCC2. The Kier molecular flexibility index (Phi) is 6.69. The second kappa shape index (κ2) is 8.88. The molecule has 2 aromatic rings. The third kappa shape index (κ3) is 5.01. The number of aryl methyl sites for hydroxylation is 1. The van der Waals surface area contributed by atoms with Crippen molar-refractivity contribution in [1.82, 2.24) is 0 Å². The molecule has 1 amide bonds. The van der Waals surface area contributed by atoms with Gasteiger partial charge in [0.05, 0.1) is 12.2 Å². The van der Waals surface area contributed by atoms with Crippen molar-refractivity contribution in [3.05, 3.63) is 44.2 Å². The molecule has 156 valence electrons. The average Bonchev–Trinajstić information content (AvgIpc) is 3.20. The van der Waals surface area contributed by atoms with E-state index in [0.717, 1.165) is 39.7 Å². The van der Waals surface area contributed by atoms with E-state index in [1.165, 1.54) is 11.3 Å². The summed E-state index contributed by atoms with van der Waals surface area (Å²) < 4.78 is 12.0. The van der Waals surface area contributed by atoms with Crippen molar-refractivity contribution in [2.75, 3.05) is 18.5 Å². The third-order valence-corrected chi connectivity index (χ3v) is 6.46. The fourth-order valence-electron chi connectivity index (χ4n) is 3.43. The summed E-state index contributed by atoms with van der Waals surface area (Å²) >= 11 is 4.96. The lowest BCUT2D eigenvalue weighted by atomic mass is 9.86. The molecule has 3 rings (SSSR count). The fraction of sp³-hybridized carbons (Fsp3) is 0.455. The number of hydrogen-bond acceptors (Lipinski definition) is 5. The van der Waals surface area contributed by atoms with E-state index in [2.05, 4.69) is 42.0 Å². The average molecular weight is 480 g/mol. The number of nitrogens with one attached hydrogen (secondary N) is 1. The van der Waals surface area contributed by atoms with E-state index < -0.39 is 0 Å². The second-order valence-electron chi connectivity index (χ2n) is 8.01. The van der Waals surface area contributed by atoms with Gasteiger partial charge in [0.1, 0.15) is 10.8 Å². The van der Waals surface area contributed by atoms with E-state index in [1.807, 2.05) is 18.2 Å². The first-order valence-electron chi connectivity index (χ1n) is 9.75. The summed E-state index contributed by atoms with van der Waals surface area (Å²) in [4.78, 5) is 26.2. The number of rotatable bonds is 6. The van der Waals surface area contributed by atoms with Crippen LogP contribution in [0.1, 0.15) is 60.5 Å². The van der Waals surface area contributed by atoms with Crippen molar-refractivity contribution in [2.24, 2.45) is 0 Å².